The molecule has 1 rings (SSSR count). The van der Waals surface area contributed by atoms with Crippen molar-refractivity contribution in [3.63, 3.8) is 0 Å². The van der Waals surface area contributed by atoms with E-state index in [2.05, 4.69) is 18.8 Å². The molecule has 0 bridgehead atoms. The molecule has 1 aromatic heterocycles. The Labute approximate surface area is 98.1 Å². The van der Waals surface area contributed by atoms with E-state index in [1.165, 1.54) is 24.0 Å². The van der Waals surface area contributed by atoms with Gasteiger partial charge in [-0.15, -0.1) is 11.8 Å². The van der Waals surface area contributed by atoms with Crippen molar-refractivity contribution < 1.29 is 14.3 Å². The van der Waals surface area contributed by atoms with Gasteiger partial charge in [-0.3, -0.25) is 0 Å². The summed E-state index contributed by atoms with van der Waals surface area (Å²) in [6.07, 6.45) is 2.27. The molecule has 16 heavy (non-hydrogen) atoms. The topological polar surface area (TPSA) is 50.2 Å². The molecule has 0 fully saturated rings. The normalized spacial score (nSPS) is 10.8. The second kappa shape index (κ2) is 5.84. The summed E-state index contributed by atoms with van der Waals surface area (Å²) in [6, 6.07) is 1.17. The molecule has 0 atom stereocenters. The fourth-order valence-electron chi connectivity index (χ4n) is 1.08. The zero-order valence-corrected chi connectivity index (χ0v) is 10.1. The van der Waals surface area contributed by atoms with Gasteiger partial charge < -0.3 is 5.11 Å². The van der Waals surface area contributed by atoms with E-state index >= 15 is 0 Å². The Morgan fingerprint density at radius 1 is 1.62 bits per heavy atom. The molecule has 1 aromatic rings. The fraction of sp³-hybridized carbons (Fsp3) is 0.455. The molecule has 0 radical (unpaired) electrons. The monoisotopic (exact) mass is 243 g/mol. The van der Waals surface area contributed by atoms with Crippen molar-refractivity contribution in [1.29, 1.82) is 0 Å². The van der Waals surface area contributed by atoms with Gasteiger partial charge in [-0.05, 0) is 24.2 Å². The van der Waals surface area contributed by atoms with Crippen molar-refractivity contribution in [3.8, 4) is 0 Å². The first kappa shape index (κ1) is 13.0. The maximum atomic E-state index is 13.6. The highest BCUT2D eigenvalue weighted by Crippen LogP contribution is 2.23. The number of rotatable bonds is 5. The lowest BCUT2D eigenvalue weighted by Crippen LogP contribution is -2.03. The Hall–Kier alpha value is -1.10. The van der Waals surface area contributed by atoms with E-state index in [4.69, 9.17) is 5.11 Å². The Bertz CT molecular complexity index is 382. The molecule has 0 saturated heterocycles. The van der Waals surface area contributed by atoms with Gasteiger partial charge in [0.05, 0.1) is 5.56 Å². The number of carbonyl (C=O) groups is 1. The summed E-state index contributed by atoms with van der Waals surface area (Å²) in [5.74, 6) is -0.711. The second-order valence-corrected chi connectivity index (χ2v) is 4.90. The quantitative estimate of drug-likeness (QED) is 0.807. The number of halogens is 1. The Kier molecular flexibility index (Phi) is 4.73. The summed E-state index contributed by atoms with van der Waals surface area (Å²) < 4.78 is 13.6. The van der Waals surface area contributed by atoms with Gasteiger partial charge >= 0.3 is 5.97 Å². The first-order chi connectivity index (χ1) is 7.52. The van der Waals surface area contributed by atoms with Crippen LogP contribution >= 0.6 is 11.8 Å². The van der Waals surface area contributed by atoms with E-state index in [1.807, 2.05) is 0 Å². The van der Waals surface area contributed by atoms with Crippen molar-refractivity contribution in [2.24, 2.45) is 5.92 Å². The van der Waals surface area contributed by atoms with Gasteiger partial charge in [0.1, 0.15) is 5.03 Å². The smallest absolute Gasteiger partial charge is 0.338 e. The molecule has 88 valence electrons. The number of carboxylic acid groups (broad SMARTS) is 1. The Morgan fingerprint density at radius 3 is 2.88 bits per heavy atom. The molecule has 1 N–H and O–H groups in total. The molecule has 0 aromatic carbocycles. The highest BCUT2D eigenvalue weighted by molar-refractivity contribution is 7.99. The molecule has 0 aliphatic carbocycles. The summed E-state index contributed by atoms with van der Waals surface area (Å²) in [6.45, 7) is 4.16. The molecule has 0 aliphatic heterocycles. The number of pyridine rings is 1. The van der Waals surface area contributed by atoms with Crippen molar-refractivity contribution in [3.05, 3.63) is 23.6 Å². The fourth-order valence-corrected chi connectivity index (χ4v) is 2.24. The maximum Gasteiger partial charge on any atom is 0.338 e. The minimum atomic E-state index is -1.26. The SMILES string of the molecule is CC(C)CCSc1nccc(C(=O)O)c1F. The average molecular weight is 243 g/mol. The van der Waals surface area contributed by atoms with Gasteiger partial charge in [-0.25, -0.2) is 14.2 Å². The predicted octanol–water partition coefficient (Wildman–Crippen LogP) is 3.06. The molecule has 0 aliphatic rings. The van der Waals surface area contributed by atoms with Crippen LogP contribution in [0.25, 0.3) is 0 Å². The van der Waals surface area contributed by atoms with Gasteiger partial charge in [0.25, 0.3) is 0 Å². The zero-order valence-electron chi connectivity index (χ0n) is 9.24. The van der Waals surface area contributed by atoms with Crippen LogP contribution in [0.2, 0.25) is 0 Å². The minimum Gasteiger partial charge on any atom is -0.478 e. The van der Waals surface area contributed by atoms with Crippen LogP contribution in [0.1, 0.15) is 30.6 Å². The largest absolute Gasteiger partial charge is 0.478 e. The number of thioether (sulfide) groups is 1. The van der Waals surface area contributed by atoms with Gasteiger partial charge in [0.15, 0.2) is 5.82 Å². The third-order valence-corrected chi connectivity index (χ3v) is 3.02. The highest BCUT2D eigenvalue weighted by atomic mass is 32.2. The number of hydrogen-bond acceptors (Lipinski definition) is 3. The van der Waals surface area contributed by atoms with E-state index in [-0.39, 0.29) is 10.6 Å². The van der Waals surface area contributed by atoms with Gasteiger partial charge in [-0.2, -0.15) is 0 Å². The molecule has 0 unspecified atom stereocenters. The van der Waals surface area contributed by atoms with Crippen LogP contribution in [0.15, 0.2) is 17.3 Å². The number of hydrogen-bond donors (Lipinski definition) is 1. The van der Waals surface area contributed by atoms with Crippen LogP contribution < -0.4 is 0 Å². The average Bonchev–Trinajstić information content (AvgIpc) is 2.19. The zero-order chi connectivity index (χ0) is 12.1. The van der Waals surface area contributed by atoms with Crippen molar-refractivity contribution >= 4 is 17.7 Å². The van der Waals surface area contributed by atoms with Gasteiger partial charge in [-0.1, -0.05) is 13.8 Å². The summed E-state index contributed by atoms with van der Waals surface area (Å²) in [4.78, 5) is 14.5. The van der Waals surface area contributed by atoms with Crippen LogP contribution in [0.3, 0.4) is 0 Å². The third-order valence-electron chi connectivity index (χ3n) is 2.02. The first-order valence-electron chi connectivity index (χ1n) is 5.03. The van der Waals surface area contributed by atoms with E-state index < -0.39 is 11.8 Å². The summed E-state index contributed by atoms with van der Waals surface area (Å²) in [5, 5.41) is 8.89. The maximum absolute atomic E-state index is 13.6. The lowest BCUT2D eigenvalue weighted by Gasteiger charge is -2.05. The van der Waals surface area contributed by atoms with Crippen LogP contribution in [0.5, 0.6) is 0 Å². The molecule has 0 spiro atoms. The van der Waals surface area contributed by atoms with Crippen LogP contribution in [0.4, 0.5) is 4.39 Å². The lowest BCUT2D eigenvalue weighted by molar-refractivity contribution is 0.0691. The number of carboxylic acids is 1. The van der Waals surface area contributed by atoms with Crippen molar-refractivity contribution in [2.45, 2.75) is 25.3 Å². The lowest BCUT2D eigenvalue weighted by atomic mass is 10.2. The van der Waals surface area contributed by atoms with Crippen LogP contribution in [-0.2, 0) is 0 Å². The Morgan fingerprint density at radius 2 is 2.31 bits per heavy atom. The standard InChI is InChI=1S/C11H14FNO2S/c1-7(2)4-6-16-10-9(12)8(11(14)15)3-5-13-10/h3,5,7H,4,6H2,1-2H3,(H,14,15). The minimum absolute atomic E-state index is 0.167. The Balaban J connectivity index is 2.73. The third kappa shape index (κ3) is 3.48. The molecule has 1 heterocycles. The first-order valence-corrected chi connectivity index (χ1v) is 6.01. The number of nitrogens with zero attached hydrogens (tertiary/aromatic N) is 1. The second-order valence-electron chi connectivity index (χ2n) is 3.81. The summed E-state index contributed by atoms with van der Waals surface area (Å²) in [5.41, 5.74) is -0.318. The molecule has 3 nitrogen and oxygen atoms in total. The van der Waals surface area contributed by atoms with Crippen molar-refractivity contribution in [2.75, 3.05) is 5.75 Å². The number of aromatic nitrogens is 1. The summed E-state index contributed by atoms with van der Waals surface area (Å²) >= 11 is 1.26. The van der Waals surface area contributed by atoms with Crippen LogP contribution in [-0.4, -0.2) is 21.8 Å². The van der Waals surface area contributed by atoms with Gasteiger partial charge in [0.2, 0.25) is 0 Å². The number of aromatic carboxylic acids is 1. The van der Waals surface area contributed by atoms with Crippen LogP contribution in [0, 0.1) is 11.7 Å². The van der Waals surface area contributed by atoms with E-state index in [1.54, 1.807) is 0 Å². The summed E-state index contributed by atoms with van der Waals surface area (Å²) in [7, 11) is 0. The van der Waals surface area contributed by atoms with E-state index in [0.29, 0.717) is 5.92 Å². The molecular formula is C11H14FNO2S. The molecular weight excluding hydrogens is 229 g/mol. The van der Waals surface area contributed by atoms with Crippen molar-refractivity contribution in [1.82, 2.24) is 4.98 Å². The molecule has 5 heteroatoms. The van der Waals surface area contributed by atoms with Gasteiger partial charge in [0, 0.05) is 6.20 Å². The highest BCUT2D eigenvalue weighted by Gasteiger charge is 2.15. The molecule has 0 saturated carbocycles. The predicted molar refractivity (Wildman–Crippen MR) is 61.3 cm³/mol. The van der Waals surface area contributed by atoms with E-state index in [9.17, 15) is 9.18 Å². The molecule has 0 amide bonds. The van der Waals surface area contributed by atoms with E-state index in [0.717, 1.165) is 12.2 Å².